The normalized spacial score (nSPS) is 13.2. The maximum atomic E-state index is 12.1. The maximum Gasteiger partial charge on any atom is 0.335 e. The van der Waals surface area contributed by atoms with Gasteiger partial charge in [0.15, 0.2) is 6.10 Å². The summed E-state index contributed by atoms with van der Waals surface area (Å²) in [5, 5.41) is 21.4. The van der Waals surface area contributed by atoms with Crippen LogP contribution in [-0.2, 0) is 4.79 Å². The number of hydrogen-bond acceptors (Lipinski definition) is 3. The average Bonchev–Trinajstić information content (AvgIpc) is 2.53. The van der Waals surface area contributed by atoms with E-state index in [0.717, 1.165) is 0 Å². The number of nitrogens with one attached hydrogen (secondary N) is 1. The average molecular weight is 285 g/mol. The highest BCUT2D eigenvalue weighted by molar-refractivity contribution is 5.94. The van der Waals surface area contributed by atoms with Crippen LogP contribution in [-0.4, -0.2) is 28.2 Å². The van der Waals surface area contributed by atoms with Gasteiger partial charge in [0.05, 0.1) is 6.04 Å². The number of aliphatic carboxylic acids is 1. The molecule has 5 nitrogen and oxygen atoms in total. The number of carboxylic acids is 1. The minimum absolute atomic E-state index is 0.399. The molecule has 2 atom stereocenters. The van der Waals surface area contributed by atoms with Crippen LogP contribution in [0.2, 0.25) is 0 Å². The highest BCUT2D eigenvalue weighted by Crippen LogP contribution is 2.18. The van der Waals surface area contributed by atoms with Crippen LogP contribution in [0.4, 0.5) is 0 Å². The van der Waals surface area contributed by atoms with Crippen molar-refractivity contribution in [1.82, 2.24) is 5.32 Å². The van der Waals surface area contributed by atoms with Crippen molar-refractivity contribution in [3.8, 4) is 0 Å². The lowest BCUT2D eigenvalue weighted by Gasteiger charge is -2.22. The Kier molecular flexibility index (Phi) is 4.68. The van der Waals surface area contributed by atoms with E-state index in [1.165, 1.54) is 0 Å². The molecule has 108 valence electrons. The van der Waals surface area contributed by atoms with Gasteiger partial charge < -0.3 is 15.5 Å². The van der Waals surface area contributed by atoms with Gasteiger partial charge >= 0.3 is 5.97 Å². The van der Waals surface area contributed by atoms with Crippen molar-refractivity contribution in [2.75, 3.05) is 0 Å². The van der Waals surface area contributed by atoms with Gasteiger partial charge in [-0.3, -0.25) is 4.79 Å². The lowest BCUT2D eigenvalue weighted by atomic mass is 10.0. The number of benzene rings is 2. The van der Waals surface area contributed by atoms with Gasteiger partial charge in [0.2, 0.25) is 0 Å². The number of amides is 1. The SMILES string of the molecule is O=C(N[C@@H](c1ccccc1)[C@H](O)C(=O)O)c1ccccc1. The summed E-state index contributed by atoms with van der Waals surface area (Å²) in [6, 6.07) is 15.9. The van der Waals surface area contributed by atoms with E-state index in [9.17, 15) is 14.7 Å². The monoisotopic (exact) mass is 285 g/mol. The van der Waals surface area contributed by atoms with Crippen LogP contribution < -0.4 is 5.32 Å². The van der Waals surface area contributed by atoms with E-state index in [4.69, 9.17) is 5.11 Å². The highest BCUT2D eigenvalue weighted by atomic mass is 16.4. The molecule has 0 spiro atoms. The summed E-state index contributed by atoms with van der Waals surface area (Å²) in [5.41, 5.74) is 0.924. The molecular weight excluding hydrogens is 270 g/mol. The summed E-state index contributed by atoms with van der Waals surface area (Å²) in [7, 11) is 0. The molecular formula is C16H15NO4. The Labute approximate surface area is 121 Å². The number of carbonyl (C=O) groups excluding carboxylic acids is 1. The summed E-state index contributed by atoms with van der Waals surface area (Å²) in [5.74, 6) is -1.83. The molecule has 0 fully saturated rings. The van der Waals surface area contributed by atoms with Crippen LogP contribution in [0.25, 0.3) is 0 Å². The molecule has 0 aliphatic carbocycles. The summed E-state index contributed by atoms with van der Waals surface area (Å²) in [6.45, 7) is 0. The van der Waals surface area contributed by atoms with Crippen LogP contribution in [0.15, 0.2) is 60.7 Å². The molecule has 0 radical (unpaired) electrons. The highest BCUT2D eigenvalue weighted by Gasteiger charge is 2.28. The molecule has 2 rings (SSSR count). The van der Waals surface area contributed by atoms with Crippen molar-refractivity contribution < 1.29 is 19.8 Å². The molecule has 0 unspecified atom stereocenters. The minimum atomic E-state index is -1.72. The Morgan fingerprint density at radius 1 is 0.905 bits per heavy atom. The number of carboxylic acid groups (broad SMARTS) is 1. The van der Waals surface area contributed by atoms with Crippen molar-refractivity contribution in [2.24, 2.45) is 0 Å². The Morgan fingerprint density at radius 3 is 1.95 bits per heavy atom. The molecule has 0 bridgehead atoms. The fourth-order valence-electron chi connectivity index (χ4n) is 1.96. The number of rotatable bonds is 5. The van der Waals surface area contributed by atoms with Crippen molar-refractivity contribution in [3.05, 3.63) is 71.8 Å². The van der Waals surface area contributed by atoms with Crippen molar-refractivity contribution >= 4 is 11.9 Å². The lowest BCUT2D eigenvalue weighted by molar-refractivity contribution is -0.148. The molecule has 0 heterocycles. The Hall–Kier alpha value is -2.66. The first-order valence-corrected chi connectivity index (χ1v) is 6.41. The van der Waals surface area contributed by atoms with Crippen molar-refractivity contribution in [1.29, 1.82) is 0 Å². The van der Waals surface area contributed by atoms with Crippen LogP contribution >= 0.6 is 0 Å². The summed E-state index contributed by atoms with van der Waals surface area (Å²) in [4.78, 5) is 23.2. The second-order valence-corrected chi connectivity index (χ2v) is 4.51. The van der Waals surface area contributed by atoms with Gasteiger partial charge in [0.1, 0.15) is 0 Å². The first-order chi connectivity index (χ1) is 10.1. The standard InChI is InChI=1S/C16H15NO4/c18-14(16(20)21)13(11-7-3-1-4-8-11)17-15(19)12-9-5-2-6-10-12/h1-10,13-14,18H,(H,17,19)(H,20,21)/t13-,14-/m0/s1. The van der Waals surface area contributed by atoms with E-state index in [2.05, 4.69) is 5.32 Å². The Morgan fingerprint density at radius 2 is 1.43 bits per heavy atom. The topological polar surface area (TPSA) is 86.6 Å². The van der Waals surface area contributed by atoms with E-state index in [1.807, 2.05) is 0 Å². The lowest BCUT2D eigenvalue weighted by Crippen LogP contribution is -2.40. The van der Waals surface area contributed by atoms with E-state index < -0.39 is 24.0 Å². The van der Waals surface area contributed by atoms with Crippen LogP contribution in [0.3, 0.4) is 0 Å². The molecule has 2 aromatic carbocycles. The Bertz CT molecular complexity index is 613. The second kappa shape index (κ2) is 6.67. The third-order valence-corrected chi connectivity index (χ3v) is 3.05. The fraction of sp³-hybridized carbons (Fsp3) is 0.125. The first-order valence-electron chi connectivity index (χ1n) is 6.41. The van der Waals surface area contributed by atoms with E-state index in [1.54, 1.807) is 60.7 Å². The fourth-order valence-corrected chi connectivity index (χ4v) is 1.96. The molecule has 21 heavy (non-hydrogen) atoms. The molecule has 0 aliphatic rings. The molecule has 3 N–H and O–H groups in total. The van der Waals surface area contributed by atoms with Gasteiger partial charge in [-0.2, -0.15) is 0 Å². The van der Waals surface area contributed by atoms with Crippen molar-refractivity contribution in [3.63, 3.8) is 0 Å². The largest absolute Gasteiger partial charge is 0.479 e. The van der Waals surface area contributed by atoms with E-state index in [0.29, 0.717) is 11.1 Å². The Balaban J connectivity index is 2.25. The summed E-state index contributed by atoms with van der Waals surface area (Å²) >= 11 is 0. The summed E-state index contributed by atoms with van der Waals surface area (Å²) < 4.78 is 0. The van der Waals surface area contributed by atoms with Gasteiger partial charge in [-0.15, -0.1) is 0 Å². The van der Waals surface area contributed by atoms with Crippen LogP contribution in [0.5, 0.6) is 0 Å². The second-order valence-electron chi connectivity index (χ2n) is 4.51. The number of hydrogen-bond donors (Lipinski definition) is 3. The molecule has 0 aromatic heterocycles. The maximum absolute atomic E-state index is 12.1. The van der Waals surface area contributed by atoms with E-state index >= 15 is 0 Å². The third-order valence-electron chi connectivity index (χ3n) is 3.05. The quantitative estimate of drug-likeness (QED) is 0.779. The van der Waals surface area contributed by atoms with Gasteiger partial charge in [-0.05, 0) is 17.7 Å². The van der Waals surface area contributed by atoms with Crippen LogP contribution in [0.1, 0.15) is 22.0 Å². The van der Waals surface area contributed by atoms with Gasteiger partial charge in [0, 0.05) is 5.56 Å². The zero-order valence-electron chi connectivity index (χ0n) is 11.1. The van der Waals surface area contributed by atoms with Gasteiger partial charge in [0.25, 0.3) is 5.91 Å². The minimum Gasteiger partial charge on any atom is -0.479 e. The molecule has 2 aromatic rings. The van der Waals surface area contributed by atoms with E-state index in [-0.39, 0.29) is 0 Å². The first kappa shape index (κ1) is 14.7. The van der Waals surface area contributed by atoms with Gasteiger partial charge in [-0.25, -0.2) is 4.79 Å². The van der Waals surface area contributed by atoms with Gasteiger partial charge in [-0.1, -0.05) is 48.5 Å². The number of aliphatic hydroxyl groups is 1. The molecule has 0 aliphatic heterocycles. The zero-order valence-corrected chi connectivity index (χ0v) is 11.1. The molecule has 1 amide bonds. The number of aliphatic hydroxyl groups excluding tert-OH is 1. The summed E-state index contributed by atoms with van der Waals surface area (Å²) in [6.07, 6.45) is -1.72. The number of carbonyl (C=O) groups is 2. The third kappa shape index (κ3) is 3.67. The van der Waals surface area contributed by atoms with Crippen LogP contribution in [0, 0.1) is 0 Å². The smallest absolute Gasteiger partial charge is 0.335 e. The molecule has 5 heteroatoms. The predicted molar refractivity (Wildman–Crippen MR) is 76.7 cm³/mol. The molecule has 0 saturated carbocycles. The van der Waals surface area contributed by atoms with Crippen molar-refractivity contribution in [2.45, 2.75) is 12.1 Å². The zero-order chi connectivity index (χ0) is 15.2. The molecule has 0 saturated heterocycles. The predicted octanol–water partition coefficient (Wildman–Crippen LogP) is 1.60.